The molecule has 0 spiro atoms. The van der Waals surface area contributed by atoms with Crippen LogP contribution < -0.4 is 10.6 Å². The van der Waals surface area contributed by atoms with Crippen molar-refractivity contribution in [2.45, 2.75) is 25.1 Å². The summed E-state index contributed by atoms with van der Waals surface area (Å²) in [6, 6.07) is 5.57. The second-order valence-electron chi connectivity index (χ2n) is 4.17. The average molecular weight is 243 g/mol. The van der Waals surface area contributed by atoms with Gasteiger partial charge in [-0.05, 0) is 31.0 Å². The molecular formula is C12H14F3N2. The summed E-state index contributed by atoms with van der Waals surface area (Å²) >= 11 is 0. The van der Waals surface area contributed by atoms with Crippen LogP contribution in [0, 0.1) is 0 Å². The van der Waals surface area contributed by atoms with Crippen LogP contribution >= 0.6 is 0 Å². The molecule has 1 saturated heterocycles. The Hall–Kier alpha value is -1.23. The minimum absolute atomic E-state index is 0.232. The van der Waals surface area contributed by atoms with Crippen LogP contribution in [0.15, 0.2) is 24.3 Å². The highest BCUT2D eigenvalue weighted by molar-refractivity contribution is 5.47. The molecule has 2 nitrogen and oxygen atoms in total. The third-order valence-corrected chi connectivity index (χ3v) is 2.83. The normalized spacial score (nSPS) is 18.1. The molecule has 1 fully saturated rings. The van der Waals surface area contributed by atoms with E-state index in [-0.39, 0.29) is 6.04 Å². The summed E-state index contributed by atoms with van der Waals surface area (Å²) in [7, 11) is 0. The molecule has 0 aliphatic carbocycles. The van der Waals surface area contributed by atoms with Crippen LogP contribution in [0.25, 0.3) is 0 Å². The van der Waals surface area contributed by atoms with Crippen LogP contribution in [0.4, 0.5) is 18.9 Å². The van der Waals surface area contributed by atoms with Crippen LogP contribution in [-0.2, 0) is 6.18 Å². The van der Waals surface area contributed by atoms with Crippen LogP contribution in [0.3, 0.4) is 0 Å². The van der Waals surface area contributed by atoms with Crippen molar-refractivity contribution in [3.63, 3.8) is 0 Å². The molecule has 1 heterocycles. The van der Waals surface area contributed by atoms with E-state index >= 15 is 0 Å². The Bertz CT molecular complexity index is 370. The summed E-state index contributed by atoms with van der Waals surface area (Å²) in [4.78, 5) is 0. The number of rotatable bonds is 2. The number of alkyl halides is 3. The monoisotopic (exact) mass is 243 g/mol. The molecule has 1 N–H and O–H groups in total. The van der Waals surface area contributed by atoms with E-state index in [1.165, 1.54) is 6.07 Å². The maximum atomic E-state index is 12.5. The van der Waals surface area contributed by atoms with Gasteiger partial charge in [0.1, 0.15) is 0 Å². The fraction of sp³-hybridized carbons (Fsp3) is 0.500. The number of piperidine rings is 1. The number of halogens is 3. The van der Waals surface area contributed by atoms with Gasteiger partial charge < -0.3 is 5.32 Å². The van der Waals surface area contributed by atoms with Gasteiger partial charge in [0.05, 0.1) is 5.56 Å². The van der Waals surface area contributed by atoms with E-state index < -0.39 is 11.7 Å². The van der Waals surface area contributed by atoms with Crippen molar-refractivity contribution in [2.75, 3.05) is 18.4 Å². The van der Waals surface area contributed by atoms with Crippen LogP contribution in [0.2, 0.25) is 0 Å². The van der Waals surface area contributed by atoms with Crippen molar-refractivity contribution in [2.24, 2.45) is 0 Å². The van der Waals surface area contributed by atoms with Gasteiger partial charge in [0.15, 0.2) is 0 Å². The Labute approximate surface area is 98.2 Å². The van der Waals surface area contributed by atoms with E-state index in [4.69, 9.17) is 0 Å². The first-order valence-electron chi connectivity index (χ1n) is 5.63. The molecule has 93 valence electrons. The van der Waals surface area contributed by atoms with Gasteiger partial charge in [-0.3, -0.25) is 0 Å². The molecule has 0 bridgehead atoms. The first-order chi connectivity index (χ1) is 8.05. The zero-order valence-corrected chi connectivity index (χ0v) is 9.30. The molecule has 0 unspecified atom stereocenters. The van der Waals surface area contributed by atoms with Gasteiger partial charge in [-0.2, -0.15) is 13.2 Å². The van der Waals surface area contributed by atoms with Crippen molar-refractivity contribution in [3.8, 4) is 0 Å². The van der Waals surface area contributed by atoms with Crippen LogP contribution in [0.5, 0.6) is 0 Å². The van der Waals surface area contributed by atoms with E-state index in [0.29, 0.717) is 5.69 Å². The third-order valence-electron chi connectivity index (χ3n) is 2.83. The number of nitrogens with one attached hydrogen (secondary N) is 1. The summed E-state index contributed by atoms with van der Waals surface area (Å²) in [5.74, 6) is 0. The lowest BCUT2D eigenvalue weighted by Gasteiger charge is -2.24. The van der Waals surface area contributed by atoms with Gasteiger partial charge in [0, 0.05) is 24.8 Å². The zero-order valence-electron chi connectivity index (χ0n) is 9.30. The highest BCUT2D eigenvalue weighted by Gasteiger charge is 2.30. The first-order valence-corrected chi connectivity index (χ1v) is 5.63. The SMILES string of the molecule is FC(F)(F)c1cccc(NC2CC[N]CC2)c1. The summed E-state index contributed by atoms with van der Waals surface area (Å²) in [5.41, 5.74) is -0.0743. The lowest BCUT2D eigenvalue weighted by atomic mass is 10.1. The lowest BCUT2D eigenvalue weighted by Crippen LogP contribution is -2.31. The number of hydrogen-bond donors (Lipinski definition) is 1. The molecule has 17 heavy (non-hydrogen) atoms. The highest BCUT2D eigenvalue weighted by atomic mass is 19.4. The van der Waals surface area contributed by atoms with Gasteiger partial charge >= 0.3 is 6.18 Å². The summed E-state index contributed by atoms with van der Waals surface area (Å²) in [6.07, 6.45) is -2.51. The quantitative estimate of drug-likeness (QED) is 0.849. The number of hydrogen-bond acceptors (Lipinski definition) is 1. The van der Waals surface area contributed by atoms with Crippen molar-refractivity contribution in [1.29, 1.82) is 0 Å². The molecule has 0 aromatic heterocycles. The average Bonchev–Trinajstić information content (AvgIpc) is 2.29. The Kier molecular flexibility index (Phi) is 3.57. The lowest BCUT2D eigenvalue weighted by molar-refractivity contribution is -0.137. The summed E-state index contributed by atoms with van der Waals surface area (Å²) in [6.45, 7) is 1.58. The summed E-state index contributed by atoms with van der Waals surface area (Å²) < 4.78 is 37.5. The molecule has 0 atom stereocenters. The Morgan fingerprint density at radius 3 is 2.53 bits per heavy atom. The van der Waals surface area contributed by atoms with Gasteiger partial charge in [-0.1, -0.05) is 6.07 Å². The minimum Gasteiger partial charge on any atom is -0.382 e. The maximum Gasteiger partial charge on any atom is 0.416 e. The van der Waals surface area contributed by atoms with Gasteiger partial charge in [0.2, 0.25) is 0 Å². The number of nitrogens with zero attached hydrogens (tertiary/aromatic N) is 1. The highest BCUT2D eigenvalue weighted by Crippen LogP contribution is 2.31. The van der Waals surface area contributed by atoms with Crippen LogP contribution in [0.1, 0.15) is 18.4 Å². The summed E-state index contributed by atoms with van der Waals surface area (Å²) in [5, 5.41) is 7.34. The third kappa shape index (κ3) is 3.36. The molecule has 2 rings (SSSR count). The Balaban J connectivity index is 2.05. The largest absolute Gasteiger partial charge is 0.416 e. The molecule has 1 aromatic carbocycles. The second-order valence-corrected chi connectivity index (χ2v) is 4.17. The van der Waals surface area contributed by atoms with E-state index in [0.717, 1.165) is 38.1 Å². The van der Waals surface area contributed by atoms with E-state index in [1.807, 2.05) is 0 Å². The number of benzene rings is 1. The topological polar surface area (TPSA) is 26.1 Å². The molecule has 1 radical (unpaired) electrons. The van der Waals surface area contributed by atoms with E-state index in [9.17, 15) is 13.2 Å². The molecular weight excluding hydrogens is 229 g/mol. The number of anilines is 1. The van der Waals surface area contributed by atoms with Crippen LogP contribution in [-0.4, -0.2) is 19.1 Å². The van der Waals surface area contributed by atoms with Crippen molar-refractivity contribution in [1.82, 2.24) is 5.32 Å². The molecule has 1 aliphatic heterocycles. The van der Waals surface area contributed by atoms with Gasteiger partial charge in [0.25, 0.3) is 0 Å². The fourth-order valence-corrected chi connectivity index (χ4v) is 1.92. The predicted molar refractivity (Wildman–Crippen MR) is 60.0 cm³/mol. The maximum absolute atomic E-state index is 12.5. The van der Waals surface area contributed by atoms with Crippen molar-refractivity contribution >= 4 is 5.69 Å². The van der Waals surface area contributed by atoms with E-state index in [2.05, 4.69) is 10.6 Å². The fourth-order valence-electron chi connectivity index (χ4n) is 1.92. The van der Waals surface area contributed by atoms with Gasteiger partial charge in [-0.25, -0.2) is 5.32 Å². The Morgan fingerprint density at radius 2 is 1.88 bits per heavy atom. The molecule has 5 heteroatoms. The van der Waals surface area contributed by atoms with Gasteiger partial charge in [-0.15, -0.1) is 0 Å². The molecule has 1 aliphatic rings. The Morgan fingerprint density at radius 1 is 1.18 bits per heavy atom. The standard InChI is InChI=1S/C12H14F3N2/c13-12(14,15)9-2-1-3-11(8-9)17-10-4-6-16-7-5-10/h1-3,8,10,17H,4-7H2. The first kappa shape index (κ1) is 12.2. The molecule has 0 saturated carbocycles. The van der Waals surface area contributed by atoms with Crippen molar-refractivity contribution < 1.29 is 13.2 Å². The smallest absolute Gasteiger partial charge is 0.382 e. The molecule has 1 aromatic rings. The van der Waals surface area contributed by atoms with Crippen molar-refractivity contribution in [3.05, 3.63) is 29.8 Å². The predicted octanol–water partition coefficient (Wildman–Crippen LogP) is 2.88. The minimum atomic E-state index is -4.28. The second kappa shape index (κ2) is 4.96. The van der Waals surface area contributed by atoms with E-state index in [1.54, 1.807) is 6.07 Å². The molecule has 0 amide bonds. The zero-order chi connectivity index (χ0) is 12.3.